The number of fused-ring (bicyclic) bond motifs is 6. The summed E-state index contributed by atoms with van der Waals surface area (Å²) in [5.41, 5.74) is -1.84. The summed E-state index contributed by atoms with van der Waals surface area (Å²) in [6.07, 6.45) is -1.97. The van der Waals surface area contributed by atoms with Crippen LogP contribution in [0.25, 0.3) is 0 Å². The molecular formula is C24H32O4S. The molecule has 29 heavy (non-hydrogen) atoms. The first kappa shape index (κ1) is 14.1. The van der Waals surface area contributed by atoms with Gasteiger partial charge in [-0.25, -0.2) is 0 Å². The SMILES string of the molecule is [2H]C1=C2CC([2H])(SC(C)=O)[C@@H]3C(CC[C@@]4(C)C3CC[C@@]43CC([2H])([2H])C(=O)O3)[C@@]2(C)CC([2H])([2H])C1=O. The highest BCUT2D eigenvalue weighted by Crippen LogP contribution is 2.70. The molecule has 7 atom stereocenters. The molecule has 1 saturated heterocycles. The fourth-order valence-electron chi connectivity index (χ4n) is 7.20. The maximum Gasteiger partial charge on any atom is 0.306 e. The van der Waals surface area contributed by atoms with Gasteiger partial charge in [0.15, 0.2) is 10.9 Å². The van der Waals surface area contributed by atoms with Crippen molar-refractivity contribution >= 4 is 28.6 Å². The molecule has 5 heteroatoms. The van der Waals surface area contributed by atoms with E-state index in [1.807, 2.05) is 13.8 Å². The Labute approximate surface area is 186 Å². The lowest BCUT2D eigenvalue weighted by atomic mass is 9.46. The number of allylic oxidation sites excluding steroid dienone is 1. The molecule has 0 aromatic carbocycles. The average Bonchev–Trinajstić information content (AvgIpc) is 3.12. The highest BCUT2D eigenvalue weighted by molar-refractivity contribution is 8.14. The van der Waals surface area contributed by atoms with E-state index < -0.39 is 46.2 Å². The van der Waals surface area contributed by atoms with Crippen molar-refractivity contribution in [2.24, 2.45) is 28.6 Å². The van der Waals surface area contributed by atoms with E-state index in [-0.39, 0.29) is 48.2 Å². The van der Waals surface area contributed by atoms with Gasteiger partial charge in [-0.15, -0.1) is 0 Å². The van der Waals surface area contributed by atoms with Crippen LogP contribution in [-0.2, 0) is 19.1 Å². The first-order chi connectivity index (χ1) is 15.9. The Balaban J connectivity index is 1.64. The Hall–Kier alpha value is -1.10. The lowest BCUT2D eigenvalue weighted by molar-refractivity contribution is -0.167. The first-order valence-corrected chi connectivity index (χ1v) is 11.4. The maximum absolute atomic E-state index is 12.7. The Kier molecular flexibility index (Phi) is 3.13. The number of hydrogen-bond donors (Lipinski definition) is 0. The number of ketones is 1. The smallest absolute Gasteiger partial charge is 0.306 e. The van der Waals surface area contributed by atoms with Gasteiger partial charge in [0.05, 0.1) is 1.37 Å². The summed E-state index contributed by atoms with van der Waals surface area (Å²) < 4.78 is 57.0. The molecule has 4 fully saturated rings. The van der Waals surface area contributed by atoms with Crippen molar-refractivity contribution in [3.05, 3.63) is 11.6 Å². The van der Waals surface area contributed by atoms with E-state index in [1.165, 1.54) is 6.92 Å². The van der Waals surface area contributed by atoms with Crippen LogP contribution in [0.2, 0.25) is 0 Å². The minimum atomic E-state index is -2.16. The van der Waals surface area contributed by atoms with E-state index in [9.17, 15) is 15.8 Å². The molecule has 4 nitrogen and oxygen atoms in total. The third-order valence-corrected chi connectivity index (χ3v) is 9.72. The molecule has 5 rings (SSSR count). The van der Waals surface area contributed by atoms with Gasteiger partial charge in [-0.2, -0.15) is 0 Å². The highest BCUT2D eigenvalue weighted by Gasteiger charge is 2.68. The molecular weight excluding hydrogens is 384 g/mol. The summed E-state index contributed by atoms with van der Waals surface area (Å²) in [7, 11) is 0. The average molecular weight is 423 g/mol. The van der Waals surface area contributed by atoms with Gasteiger partial charge in [0, 0.05) is 37.2 Å². The zero-order valence-corrected chi connectivity index (χ0v) is 18.0. The fourth-order valence-corrected chi connectivity index (χ4v) is 8.25. The summed E-state index contributed by atoms with van der Waals surface area (Å²) in [6, 6.07) is -0.350. The zero-order valence-electron chi connectivity index (χ0n) is 23.2. The lowest BCUT2D eigenvalue weighted by Gasteiger charge is -2.61. The minimum Gasteiger partial charge on any atom is -0.458 e. The number of thioether (sulfide) groups is 1. The molecule has 0 aromatic rings. The first-order valence-electron chi connectivity index (χ1n) is 13.6. The van der Waals surface area contributed by atoms with Gasteiger partial charge < -0.3 is 4.74 Å². The van der Waals surface area contributed by atoms with E-state index in [0.717, 1.165) is 11.8 Å². The summed E-state index contributed by atoms with van der Waals surface area (Å²) >= 11 is 0.923. The van der Waals surface area contributed by atoms with Crippen molar-refractivity contribution in [1.82, 2.24) is 0 Å². The van der Waals surface area contributed by atoms with Crippen LogP contribution < -0.4 is 0 Å². The van der Waals surface area contributed by atoms with E-state index in [4.69, 9.17) is 11.6 Å². The van der Waals surface area contributed by atoms with E-state index in [2.05, 4.69) is 0 Å². The molecule has 4 aliphatic carbocycles. The second-order valence-electron chi connectivity index (χ2n) is 9.91. The van der Waals surface area contributed by atoms with Gasteiger partial charge in [-0.05, 0) is 74.2 Å². The third-order valence-electron chi connectivity index (χ3n) is 8.75. The van der Waals surface area contributed by atoms with Gasteiger partial charge in [0.25, 0.3) is 0 Å². The summed E-state index contributed by atoms with van der Waals surface area (Å²) in [6.45, 7) is 5.36. The molecule has 5 aliphatic rings. The molecule has 3 saturated carbocycles. The second-order valence-corrected chi connectivity index (χ2v) is 11.2. The van der Waals surface area contributed by atoms with Crippen LogP contribution in [0, 0.1) is 28.6 Å². The Morgan fingerprint density at radius 3 is 2.66 bits per heavy atom. The molecule has 3 unspecified atom stereocenters. The lowest BCUT2D eigenvalue weighted by Crippen LogP contribution is -2.57. The van der Waals surface area contributed by atoms with Crippen molar-refractivity contribution in [2.45, 2.75) is 89.3 Å². The molecule has 158 valence electrons. The van der Waals surface area contributed by atoms with Crippen molar-refractivity contribution < 1.29 is 27.3 Å². The van der Waals surface area contributed by atoms with Crippen LogP contribution >= 0.6 is 11.8 Å². The predicted octanol–water partition coefficient (Wildman–Crippen LogP) is 4.85. The number of carbonyl (C=O) groups is 3. The van der Waals surface area contributed by atoms with Gasteiger partial charge in [0.2, 0.25) is 0 Å². The molecule has 0 N–H and O–H groups in total. The fraction of sp³-hybridized carbons (Fsp3) is 0.792. The summed E-state index contributed by atoms with van der Waals surface area (Å²) in [5, 5.41) is -1.57. The van der Waals surface area contributed by atoms with Crippen LogP contribution in [0.5, 0.6) is 0 Å². The van der Waals surface area contributed by atoms with Crippen LogP contribution in [0.15, 0.2) is 11.6 Å². The zero-order chi connectivity index (χ0) is 26.0. The number of ether oxygens (including phenoxy) is 1. The van der Waals surface area contributed by atoms with Crippen molar-refractivity contribution in [1.29, 1.82) is 0 Å². The quantitative estimate of drug-likeness (QED) is 0.565. The van der Waals surface area contributed by atoms with Crippen molar-refractivity contribution in [2.75, 3.05) is 0 Å². The predicted molar refractivity (Wildman–Crippen MR) is 112 cm³/mol. The Morgan fingerprint density at radius 1 is 1.21 bits per heavy atom. The van der Waals surface area contributed by atoms with E-state index in [0.29, 0.717) is 31.3 Å². The molecule has 0 amide bonds. The number of esters is 1. The molecule has 1 spiro atoms. The Morgan fingerprint density at radius 2 is 1.97 bits per heavy atom. The van der Waals surface area contributed by atoms with Crippen LogP contribution in [0.4, 0.5) is 0 Å². The molecule has 0 radical (unpaired) electrons. The monoisotopic (exact) mass is 422 g/mol. The number of hydrogen-bond acceptors (Lipinski definition) is 5. The number of rotatable bonds is 1. The van der Waals surface area contributed by atoms with Gasteiger partial charge in [-0.1, -0.05) is 31.2 Å². The van der Waals surface area contributed by atoms with Crippen LogP contribution in [0.1, 0.15) is 86.7 Å². The van der Waals surface area contributed by atoms with Gasteiger partial charge in [-0.3, -0.25) is 14.4 Å². The largest absolute Gasteiger partial charge is 0.458 e. The van der Waals surface area contributed by atoms with Crippen LogP contribution in [0.3, 0.4) is 0 Å². The topological polar surface area (TPSA) is 60.4 Å². The summed E-state index contributed by atoms with van der Waals surface area (Å²) in [4.78, 5) is 37.5. The molecule has 0 bridgehead atoms. The number of carbonyl (C=O) groups excluding carboxylic acids is 3. The van der Waals surface area contributed by atoms with Crippen LogP contribution in [-0.4, -0.2) is 27.7 Å². The Bertz CT molecular complexity index is 1080. The van der Waals surface area contributed by atoms with Crippen molar-refractivity contribution in [3.8, 4) is 0 Å². The molecule has 1 aliphatic heterocycles. The van der Waals surface area contributed by atoms with E-state index >= 15 is 0 Å². The van der Waals surface area contributed by atoms with Gasteiger partial charge >= 0.3 is 5.97 Å². The van der Waals surface area contributed by atoms with Crippen molar-refractivity contribution in [3.63, 3.8) is 0 Å². The third kappa shape index (κ3) is 2.68. The second kappa shape index (κ2) is 6.45. The normalized spacial score (nSPS) is 58.0. The standard InChI is InChI=1S/C24H32O4S/c1-14(25)29-19-13-15-12-16(26)4-8-22(15,2)17-5-9-23(3)18(21(17)19)6-10-24(23)11-7-20(27)28-24/h12,17-19,21H,4-11,13H2,1-3H3/t17?,18?,19?,21-,22+,23+,24-/m1/s1/i4D2,7D2,12D,19D. The maximum atomic E-state index is 12.7. The minimum absolute atomic E-state index is 0.0234. The summed E-state index contributed by atoms with van der Waals surface area (Å²) in [5.74, 6) is -2.40. The van der Waals surface area contributed by atoms with Gasteiger partial charge in [0.1, 0.15) is 5.60 Å². The molecule has 0 aromatic heterocycles. The highest BCUT2D eigenvalue weighted by atomic mass is 32.2. The van der Waals surface area contributed by atoms with E-state index in [1.54, 1.807) is 0 Å². The molecule has 1 heterocycles.